The summed E-state index contributed by atoms with van der Waals surface area (Å²) in [4.78, 5) is 0. The quantitative estimate of drug-likeness (QED) is 0.809. The van der Waals surface area contributed by atoms with Crippen LogP contribution >= 0.6 is 0 Å². The molecule has 2 unspecified atom stereocenters. The summed E-state index contributed by atoms with van der Waals surface area (Å²) in [5.41, 5.74) is 7.51. The first-order valence-electron chi connectivity index (χ1n) is 5.82. The van der Waals surface area contributed by atoms with Crippen LogP contribution in [0.25, 0.3) is 0 Å². The van der Waals surface area contributed by atoms with E-state index in [0.29, 0.717) is 17.3 Å². The molecule has 0 saturated heterocycles. The van der Waals surface area contributed by atoms with Crippen molar-refractivity contribution in [2.75, 3.05) is 6.54 Å². The number of nitrogens with two attached hydrogens (primary N) is 1. The molecule has 15 heavy (non-hydrogen) atoms. The van der Waals surface area contributed by atoms with Crippen molar-refractivity contribution in [2.24, 2.45) is 17.1 Å². The van der Waals surface area contributed by atoms with Gasteiger partial charge in [-0.1, -0.05) is 20.8 Å². The van der Waals surface area contributed by atoms with Crippen molar-refractivity contribution in [3.8, 4) is 0 Å². The lowest BCUT2D eigenvalue weighted by Crippen LogP contribution is -2.34. The second kappa shape index (κ2) is 3.67. The zero-order valence-corrected chi connectivity index (χ0v) is 9.92. The fourth-order valence-corrected chi connectivity index (χ4v) is 2.96. The van der Waals surface area contributed by atoms with Gasteiger partial charge in [0, 0.05) is 5.92 Å². The largest absolute Gasteiger partial charge is 0.469 e. The average molecular weight is 207 g/mol. The second-order valence-corrected chi connectivity index (χ2v) is 5.49. The first kappa shape index (κ1) is 10.7. The molecule has 84 valence electrons. The molecule has 2 N–H and O–H groups in total. The van der Waals surface area contributed by atoms with E-state index in [-0.39, 0.29) is 0 Å². The smallest absolute Gasteiger partial charge is 0.110 e. The Balaban J connectivity index is 2.40. The monoisotopic (exact) mass is 207 g/mol. The molecular weight excluding hydrogens is 186 g/mol. The summed E-state index contributed by atoms with van der Waals surface area (Å²) in [5, 5.41) is 0. The molecule has 2 nitrogen and oxygen atoms in total. The molecule has 2 atom stereocenters. The minimum Gasteiger partial charge on any atom is -0.469 e. The first-order chi connectivity index (χ1) is 7.06. The van der Waals surface area contributed by atoms with E-state index < -0.39 is 0 Å². The summed E-state index contributed by atoms with van der Waals surface area (Å²) in [6, 6.07) is 2.11. The van der Waals surface area contributed by atoms with Gasteiger partial charge in [0.25, 0.3) is 0 Å². The van der Waals surface area contributed by atoms with Gasteiger partial charge in [-0.3, -0.25) is 0 Å². The van der Waals surface area contributed by atoms with Crippen LogP contribution in [0.15, 0.2) is 16.7 Å². The van der Waals surface area contributed by atoms with Crippen molar-refractivity contribution in [3.63, 3.8) is 0 Å². The van der Waals surface area contributed by atoms with Crippen LogP contribution in [0.3, 0.4) is 0 Å². The Morgan fingerprint density at radius 2 is 2.33 bits per heavy atom. The Labute approximate surface area is 91.8 Å². The fraction of sp³-hybridized carbons (Fsp3) is 0.692. The third-order valence-corrected chi connectivity index (χ3v) is 3.88. The molecule has 0 radical (unpaired) electrons. The molecule has 0 bridgehead atoms. The normalized spacial score (nSPS) is 26.0. The summed E-state index contributed by atoms with van der Waals surface area (Å²) in [7, 11) is 0. The summed E-state index contributed by atoms with van der Waals surface area (Å²) >= 11 is 0. The van der Waals surface area contributed by atoms with Crippen LogP contribution in [-0.2, 0) is 6.42 Å². The first-order valence-corrected chi connectivity index (χ1v) is 5.82. The third kappa shape index (κ3) is 1.71. The molecule has 1 heterocycles. The Morgan fingerprint density at radius 3 is 3.00 bits per heavy atom. The molecular formula is C13H21NO. The van der Waals surface area contributed by atoms with Crippen molar-refractivity contribution < 1.29 is 4.42 Å². The number of fused-ring (bicyclic) bond motifs is 1. The van der Waals surface area contributed by atoms with Crippen molar-refractivity contribution in [2.45, 2.75) is 39.5 Å². The summed E-state index contributed by atoms with van der Waals surface area (Å²) in [6.45, 7) is 7.61. The topological polar surface area (TPSA) is 39.2 Å². The van der Waals surface area contributed by atoms with E-state index in [2.05, 4.69) is 26.8 Å². The summed E-state index contributed by atoms with van der Waals surface area (Å²) < 4.78 is 5.67. The number of furan rings is 1. The highest BCUT2D eigenvalue weighted by Crippen LogP contribution is 2.48. The summed E-state index contributed by atoms with van der Waals surface area (Å²) in [5.74, 6) is 2.15. The molecule has 1 aromatic heterocycles. The Hall–Kier alpha value is -0.760. The highest BCUT2D eigenvalue weighted by Gasteiger charge is 2.40. The predicted octanol–water partition coefficient (Wildman–Crippen LogP) is 2.93. The van der Waals surface area contributed by atoms with E-state index >= 15 is 0 Å². The van der Waals surface area contributed by atoms with E-state index in [1.807, 2.05) is 6.26 Å². The second-order valence-electron chi connectivity index (χ2n) is 5.49. The number of aryl methyl sites for hydroxylation is 1. The van der Waals surface area contributed by atoms with Crippen LogP contribution in [-0.4, -0.2) is 6.54 Å². The molecule has 0 saturated carbocycles. The fourth-order valence-electron chi connectivity index (χ4n) is 2.96. The molecule has 0 spiro atoms. The predicted molar refractivity (Wildman–Crippen MR) is 61.8 cm³/mol. The molecule has 2 rings (SSSR count). The van der Waals surface area contributed by atoms with Gasteiger partial charge in [-0.15, -0.1) is 0 Å². The zero-order valence-electron chi connectivity index (χ0n) is 9.92. The number of hydrogen-bond acceptors (Lipinski definition) is 2. The van der Waals surface area contributed by atoms with Gasteiger partial charge < -0.3 is 10.2 Å². The minimum atomic E-state index is 0.309. The van der Waals surface area contributed by atoms with Crippen molar-refractivity contribution in [1.29, 1.82) is 0 Å². The van der Waals surface area contributed by atoms with Crippen LogP contribution in [0.1, 0.15) is 44.4 Å². The van der Waals surface area contributed by atoms with E-state index in [0.717, 1.165) is 13.0 Å². The van der Waals surface area contributed by atoms with Crippen molar-refractivity contribution in [1.82, 2.24) is 0 Å². The Morgan fingerprint density at radius 1 is 1.60 bits per heavy atom. The maximum absolute atomic E-state index is 5.81. The van der Waals surface area contributed by atoms with Gasteiger partial charge in [-0.2, -0.15) is 0 Å². The minimum absolute atomic E-state index is 0.309. The van der Waals surface area contributed by atoms with E-state index in [4.69, 9.17) is 10.2 Å². The standard InChI is InChI=1S/C13H21NO/c1-9(8-14)11-12-10(5-7-15-12)4-6-13(11,2)3/h5,7,9,11H,4,6,8,14H2,1-3H3. The SMILES string of the molecule is CC(CN)C1c2occc2CCC1(C)C. The Bertz CT molecular complexity index is 340. The maximum Gasteiger partial charge on any atom is 0.110 e. The lowest BCUT2D eigenvalue weighted by Gasteiger charge is -2.40. The van der Waals surface area contributed by atoms with E-state index in [1.54, 1.807) is 0 Å². The molecule has 1 aliphatic rings. The van der Waals surface area contributed by atoms with Gasteiger partial charge in [0.2, 0.25) is 0 Å². The van der Waals surface area contributed by atoms with Gasteiger partial charge in [-0.05, 0) is 42.3 Å². The highest BCUT2D eigenvalue weighted by molar-refractivity contribution is 5.27. The van der Waals surface area contributed by atoms with E-state index in [9.17, 15) is 0 Å². The number of rotatable bonds is 2. The molecule has 1 aliphatic carbocycles. The molecule has 0 aromatic carbocycles. The third-order valence-electron chi connectivity index (χ3n) is 3.88. The van der Waals surface area contributed by atoms with Crippen LogP contribution < -0.4 is 5.73 Å². The lowest BCUT2D eigenvalue weighted by atomic mass is 9.64. The van der Waals surface area contributed by atoms with Crippen LogP contribution in [0.2, 0.25) is 0 Å². The van der Waals surface area contributed by atoms with Crippen molar-refractivity contribution in [3.05, 3.63) is 23.7 Å². The van der Waals surface area contributed by atoms with Gasteiger partial charge >= 0.3 is 0 Å². The average Bonchev–Trinajstić information content (AvgIpc) is 2.63. The molecule has 1 aromatic rings. The maximum atomic E-state index is 5.81. The molecule has 0 aliphatic heterocycles. The van der Waals surface area contributed by atoms with E-state index in [1.165, 1.54) is 17.7 Å². The molecule has 0 amide bonds. The molecule has 2 heteroatoms. The van der Waals surface area contributed by atoms with Crippen molar-refractivity contribution >= 4 is 0 Å². The van der Waals surface area contributed by atoms with Crippen LogP contribution in [0.5, 0.6) is 0 Å². The zero-order chi connectivity index (χ0) is 11.1. The number of hydrogen-bond donors (Lipinski definition) is 1. The summed E-state index contributed by atoms with van der Waals surface area (Å²) in [6.07, 6.45) is 4.20. The Kier molecular flexibility index (Phi) is 2.63. The van der Waals surface area contributed by atoms with Gasteiger partial charge in [-0.25, -0.2) is 0 Å². The van der Waals surface area contributed by atoms with Crippen LogP contribution in [0.4, 0.5) is 0 Å². The van der Waals surface area contributed by atoms with Gasteiger partial charge in [0.15, 0.2) is 0 Å². The highest BCUT2D eigenvalue weighted by atomic mass is 16.3. The van der Waals surface area contributed by atoms with Gasteiger partial charge in [0.05, 0.1) is 6.26 Å². The van der Waals surface area contributed by atoms with Crippen LogP contribution in [0, 0.1) is 11.3 Å². The molecule has 0 fully saturated rings. The van der Waals surface area contributed by atoms with Gasteiger partial charge in [0.1, 0.15) is 5.76 Å². The lowest BCUT2D eigenvalue weighted by molar-refractivity contribution is 0.166.